The maximum atomic E-state index is 6.02. The highest BCUT2D eigenvalue weighted by atomic mass is 28.4. The molecule has 0 aliphatic carbocycles. The second-order valence-electron chi connectivity index (χ2n) is 5.50. The molecular weight excluding hydrogens is 214 g/mol. The Bertz CT molecular complexity index is 384. The van der Waals surface area contributed by atoms with Gasteiger partial charge >= 0.3 is 0 Å². The molecule has 1 N–H and O–H groups in total. The van der Waals surface area contributed by atoms with Crippen LogP contribution in [-0.4, -0.2) is 14.9 Å². The Morgan fingerprint density at radius 1 is 1.31 bits per heavy atom. The topological polar surface area (TPSA) is 21.3 Å². The number of hydrogen-bond donors (Lipinski definition) is 1. The molecule has 0 saturated carbocycles. The monoisotopic (exact) mass is 235 g/mol. The van der Waals surface area contributed by atoms with E-state index in [-0.39, 0.29) is 0 Å². The lowest BCUT2D eigenvalue weighted by Crippen LogP contribution is -2.30. The summed E-state index contributed by atoms with van der Waals surface area (Å²) in [7, 11) is -1.48. The number of hydrogen-bond acceptors (Lipinski definition) is 2. The second kappa shape index (κ2) is 4.22. The summed E-state index contributed by atoms with van der Waals surface area (Å²) in [6.45, 7) is 9.95. The lowest BCUT2D eigenvalue weighted by atomic mass is 9.95. The Hall–Kier alpha value is -0.803. The lowest BCUT2D eigenvalue weighted by molar-refractivity contribution is 0.529. The van der Waals surface area contributed by atoms with E-state index in [1.807, 2.05) is 0 Å². The molecule has 1 aromatic carbocycles. The maximum absolute atomic E-state index is 6.02. The van der Waals surface area contributed by atoms with Crippen molar-refractivity contribution in [2.75, 3.05) is 6.54 Å². The van der Waals surface area contributed by atoms with Crippen molar-refractivity contribution in [3.05, 3.63) is 29.3 Å². The van der Waals surface area contributed by atoms with E-state index in [4.69, 9.17) is 4.43 Å². The fourth-order valence-corrected chi connectivity index (χ4v) is 3.01. The number of fused-ring (bicyclic) bond motifs is 1. The molecule has 0 fully saturated rings. The Balaban J connectivity index is 2.25. The molecule has 0 amide bonds. The second-order valence-corrected chi connectivity index (χ2v) is 9.93. The predicted molar refractivity (Wildman–Crippen MR) is 70.5 cm³/mol. The van der Waals surface area contributed by atoms with Crippen molar-refractivity contribution in [1.82, 2.24) is 5.32 Å². The average molecular weight is 235 g/mol. The normalized spacial score (nSPS) is 20.4. The van der Waals surface area contributed by atoms with Crippen molar-refractivity contribution < 1.29 is 4.43 Å². The van der Waals surface area contributed by atoms with Gasteiger partial charge in [0.2, 0.25) is 8.32 Å². The zero-order valence-corrected chi connectivity index (χ0v) is 11.6. The summed E-state index contributed by atoms with van der Waals surface area (Å²) in [5.41, 5.74) is 2.87. The largest absolute Gasteiger partial charge is 0.544 e. The van der Waals surface area contributed by atoms with Crippen LogP contribution in [-0.2, 0) is 6.42 Å². The molecule has 1 aliphatic rings. The molecule has 3 heteroatoms. The Morgan fingerprint density at radius 3 is 2.75 bits per heavy atom. The molecule has 1 heterocycles. The number of nitrogens with one attached hydrogen (secondary N) is 1. The quantitative estimate of drug-likeness (QED) is 0.795. The van der Waals surface area contributed by atoms with Crippen LogP contribution in [0.25, 0.3) is 0 Å². The molecule has 1 aromatic rings. The zero-order chi connectivity index (χ0) is 11.8. The van der Waals surface area contributed by atoms with Crippen LogP contribution < -0.4 is 9.74 Å². The average Bonchev–Trinajstić information content (AvgIpc) is 2.15. The van der Waals surface area contributed by atoms with Crippen LogP contribution in [0.15, 0.2) is 18.2 Å². The third-order valence-electron chi connectivity index (χ3n) is 2.85. The van der Waals surface area contributed by atoms with Crippen molar-refractivity contribution in [1.29, 1.82) is 0 Å². The summed E-state index contributed by atoms with van der Waals surface area (Å²) in [6, 6.07) is 7.03. The van der Waals surface area contributed by atoms with Gasteiger partial charge in [0.15, 0.2) is 0 Å². The Kier molecular flexibility index (Phi) is 3.08. The van der Waals surface area contributed by atoms with Crippen LogP contribution in [0.2, 0.25) is 19.6 Å². The van der Waals surface area contributed by atoms with Gasteiger partial charge in [-0.05, 0) is 62.8 Å². The van der Waals surface area contributed by atoms with Crippen LogP contribution in [0.3, 0.4) is 0 Å². The van der Waals surface area contributed by atoms with Gasteiger partial charge in [-0.15, -0.1) is 0 Å². The smallest absolute Gasteiger partial charge is 0.242 e. The molecule has 1 unspecified atom stereocenters. The van der Waals surface area contributed by atoms with Crippen LogP contribution in [0.5, 0.6) is 5.75 Å². The highest BCUT2D eigenvalue weighted by molar-refractivity contribution is 6.70. The van der Waals surface area contributed by atoms with Gasteiger partial charge in [-0.1, -0.05) is 6.07 Å². The standard InChI is InChI=1S/C13H21NOSi/c1-10-13-6-5-12(15-16(2,3)4)9-11(13)7-8-14-10/h5-6,9-10,14H,7-8H2,1-4H3. The van der Waals surface area contributed by atoms with E-state index in [2.05, 4.69) is 50.1 Å². The molecule has 0 saturated heterocycles. The first-order valence-corrected chi connectivity index (χ1v) is 9.42. The van der Waals surface area contributed by atoms with Crippen LogP contribution >= 0.6 is 0 Å². The fraction of sp³-hybridized carbons (Fsp3) is 0.538. The molecule has 0 bridgehead atoms. The van der Waals surface area contributed by atoms with Crippen molar-refractivity contribution in [2.45, 2.75) is 39.0 Å². The van der Waals surface area contributed by atoms with Gasteiger partial charge in [-0.2, -0.15) is 0 Å². The molecule has 0 radical (unpaired) electrons. The third kappa shape index (κ3) is 2.65. The first-order chi connectivity index (χ1) is 7.46. The van der Waals surface area contributed by atoms with Crippen molar-refractivity contribution in [2.24, 2.45) is 0 Å². The van der Waals surface area contributed by atoms with Gasteiger partial charge in [0.05, 0.1) is 0 Å². The van der Waals surface area contributed by atoms with Gasteiger partial charge in [-0.25, -0.2) is 0 Å². The van der Waals surface area contributed by atoms with Gasteiger partial charge in [0.1, 0.15) is 5.75 Å². The maximum Gasteiger partial charge on any atom is 0.242 e. The molecule has 2 nitrogen and oxygen atoms in total. The minimum atomic E-state index is -1.48. The van der Waals surface area contributed by atoms with E-state index in [1.165, 1.54) is 11.1 Å². The highest BCUT2D eigenvalue weighted by Gasteiger charge is 2.19. The van der Waals surface area contributed by atoms with E-state index in [0.717, 1.165) is 18.7 Å². The summed E-state index contributed by atoms with van der Waals surface area (Å²) < 4.78 is 6.02. The van der Waals surface area contributed by atoms with Gasteiger partial charge in [-0.3, -0.25) is 0 Å². The summed E-state index contributed by atoms with van der Waals surface area (Å²) in [5, 5.41) is 3.47. The summed E-state index contributed by atoms with van der Waals surface area (Å²) in [5.74, 6) is 1.05. The molecule has 1 atom stereocenters. The number of rotatable bonds is 2. The van der Waals surface area contributed by atoms with Crippen LogP contribution in [0.4, 0.5) is 0 Å². The first-order valence-electron chi connectivity index (χ1n) is 6.01. The van der Waals surface area contributed by atoms with E-state index < -0.39 is 8.32 Å². The van der Waals surface area contributed by atoms with Crippen molar-refractivity contribution >= 4 is 8.32 Å². The van der Waals surface area contributed by atoms with Gasteiger partial charge < -0.3 is 9.74 Å². The SMILES string of the molecule is CC1NCCc2cc(O[Si](C)(C)C)ccc21. The Morgan fingerprint density at radius 2 is 2.06 bits per heavy atom. The van der Waals surface area contributed by atoms with E-state index in [0.29, 0.717) is 6.04 Å². The van der Waals surface area contributed by atoms with E-state index in [9.17, 15) is 0 Å². The fourth-order valence-electron chi connectivity index (χ4n) is 2.17. The van der Waals surface area contributed by atoms with Gasteiger partial charge in [0.25, 0.3) is 0 Å². The minimum absolute atomic E-state index is 0.477. The Labute approximate surface area is 99.1 Å². The minimum Gasteiger partial charge on any atom is -0.544 e. The molecule has 0 spiro atoms. The van der Waals surface area contributed by atoms with Crippen molar-refractivity contribution in [3.8, 4) is 5.75 Å². The van der Waals surface area contributed by atoms with Crippen molar-refractivity contribution in [3.63, 3.8) is 0 Å². The molecule has 88 valence electrons. The summed E-state index contributed by atoms with van der Waals surface area (Å²) >= 11 is 0. The molecule has 16 heavy (non-hydrogen) atoms. The first kappa shape index (κ1) is 11.7. The molecule has 1 aliphatic heterocycles. The predicted octanol–water partition coefficient (Wildman–Crippen LogP) is 3.11. The van der Waals surface area contributed by atoms with Crippen LogP contribution in [0.1, 0.15) is 24.1 Å². The van der Waals surface area contributed by atoms with E-state index >= 15 is 0 Å². The number of benzene rings is 1. The molecular formula is C13H21NOSi. The van der Waals surface area contributed by atoms with E-state index in [1.54, 1.807) is 0 Å². The summed E-state index contributed by atoms with van der Waals surface area (Å²) in [6.07, 6.45) is 1.11. The zero-order valence-electron chi connectivity index (χ0n) is 10.6. The molecule has 2 rings (SSSR count). The molecule has 0 aromatic heterocycles. The lowest BCUT2D eigenvalue weighted by Gasteiger charge is -2.26. The summed E-state index contributed by atoms with van der Waals surface area (Å²) in [4.78, 5) is 0. The highest BCUT2D eigenvalue weighted by Crippen LogP contribution is 2.27. The third-order valence-corrected chi connectivity index (χ3v) is 3.70. The van der Waals surface area contributed by atoms with Crippen LogP contribution in [0, 0.1) is 0 Å². The van der Waals surface area contributed by atoms with Gasteiger partial charge in [0, 0.05) is 6.04 Å².